The number of ketones is 2. The molecule has 0 heterocycles. The minimum absolute atomic E-state index is 0.0609. The molecular formula is C23H26IN3O7. The van der Waals surface area contributed by atoms with Crippen molar-refractivity contribution in [3.63, 3.8) is 0 Å². The minimum Gasteiger partial charge on any atom is -0.508 e. The summed E-state index contributed by atoms with van der Waals surface area (Å²) in [4.78, 5) is 42.2. The SMILES string of the molecule is CN(C)c1cc(I)c(O)c2c1C[C@H]1C[C@H]3C(N(C)C)C(=O)C(C(N)=O)=C(O)[C@@]3(O)C(=O)C1=C2O. The first-order chi connectivity index (χ1) is 15.7. The highest BCUT2D eigenvalue weighted by Crippen LogP contribution is 2.54. The van der Waals surface area contributed by atoms with Crippen LogP contribution in [0.3, 0.4) is 0 Å². The molecule has 11 heteroatoms. The summed E-state index contributed by atoms with van der Waals surface area (Å²) in [5.41, 5.74) is 3.18. The van der Waals surface area contributed by atoms with Crippen molar-refractivity contribution in [2.24, 2.45) is 17.6 Å². The number of phenols is 1. The van der Waals surface area contributed by atoms with Gasteiger partial charge in [-0.25, -0.2) is 0 Å². The molecule has 1 amide bonds. The second-order valence-corrected chi connectivity index (χ2v) is 10.6. The van der Waals surface area contributed by atoms with Gasteiger partial charge in [0.2, 0.25) is 5.78 Å². The van der Waals surface area contributed by atoms with Crippen LogP contribution in [0.25, 0.3) is 5.76 Å². The van der Waals surface area contributed by atoms with E-state index in [0.717, 1.165) is 5.69 Å². The lowest BCUT2D eigenvalue weighted by Crippen LogP contribution is -2.65. The molecule has 0 spiro atoms. The minimum atomic E-state index is -2.63. The smallest absolute Gasteiger partial charge is 0.255 e. The van der Waals surface area contributed by atoms with Gasteiger partial charge in [-0.05, 0) is 67.1 Å². The van der Waals surface area contributed by atoms with Gasteiger partial charge in [0.1, 0.15) is 22.8 Å². The first-order valence-electron chi connectivity index (χ1n) is 10.6. The third-order valence-corrected chi connectivity index (χ3v) is 7.95. The van der Waals surface area contributed by atoms with Crippen LogP contribution < -0.4 is 10.6 Å². The van der Waals surface area contributed by atoms with Gasteiger partial charge in [0.15, 0.2) is 11.4 Å². The number of aromatic hydroxyl groups is 1. The topological polar surface area (TPSA) is 165 Å². The highest BCUT2D eigenvalue weighted by Gasteiger charge is 2.64. The maximum atomic E-state index is 13.8. The van der Waals surface area contributed by atoms with E-state index in [4.69, 9.17) is 5.73 Å². The lowest BCUT2D eigenvalue weighted by molar-refractivity contribution is -0.153. The lowest BCUT2D eigenvalue weighted by Gasteiger charge is -2.50. The summed E-state index contributed by atoms with van der Waals surface area (Å²) in [6, 6.07) is 0.671. The number of fused-ring (bicyclic) bond motifs is 3. The van der Waals surface area contributed by atoms with Gasteiger partial charge in [0, 0.05) is 31.3 Å². The molecular weight excluding hydrogens is 557 g/mol. The quantitative estimate of drug-likeness (QED) is 0.254. The van der Waals surface area contributed by atoms with Gasteiger partial charge in [-0.15, -0.1) is 0 Å². The zero-order valence-electron chi connectivity index (χ0n) is 19.1. The Kier molecular flexibility index (Phi) is 5.73. The number of carbonyl (C=O) groups excluding carboxylic acids is 3. The number of hydrogen-bond acceptors (Lipinski definition) is 9. The van der Waals surface area contributed by atoms with Crippen LogP contribution in [-0.2, 0) is 20.8 Å². The Hall–Kier alpha value is -2.64. The summed E-state index contributed by atoms with van der Waals surface area (Å²) in [6.07, 6.45) is 0.317. The molecule has 0 radical (unpaired) electrons. The molecule has 6 N–H and O–H groups in total. The Morgan fingerprint density at radius 1 is 1.18 bits per heavy atom. The highest BCUT2D eigenvalue weighted by atomic mass is 127. The van der Waals surface area contributed by atoms with Crippen LogP contribution >= 0.6 is 22.6 Å². The van der Waals surface area contributed by atoms with Crippen molar-refractivity contribution >= 4 is 51.5 Å². The Morgan fingerprint density at radius 3 is 2.32 bits per heavy atom. The van der Waals surface area contributed by atoms with Crippen LogP contribution in [-0.4, -0.2) is 82.6 Å². The number of nitrogens with two attached hydrogens (primary N) is 1. The van der Waals surface area contributed by atoms with Gasteiger partial charge in [-0.1, -0.05) is 0 Å². The number of amides is 1. The molecule has 182 valence electrons. The zero-order valence-corrected chi connectivity index (χ0v) is 21.2. The molecule has 1 unspecified atom stereocenters. The third kappa shape index (κ3) is 3.09. The summed E-state index contributed by atoms with van der Waals surface area (Å²) in [5.74, 6) is -6.52. The van der Waals surface area contributed by atoms with E-state index in [2.05, 4.69) is 0 Å². The third-order valence-electron chi connectivity index (χ3n) is 7.13. The van der Waals surface area contributed by atoms with Crippen LogP contribution in [0.2, 0.25) is 0 Å². The molecule has 0 aromatic heterocycles. The molecule has 1 saturated carbocycles. The van der Waals surface area contributed by atoms with E-state index >= 15 is 0 Å². The Balaban J connectivity index is 2.01. The molecule has 0 aliphatic heterocycles. The zero-order chi connectivity index (χ0) is 25.4. The molecule has 1 aromatic rings. The maximum absolute atomic E-state index is 13.8. The van der Waals surface area contributed by atoms with Crippen molar-refractivity contribution in [1.82, 2.24) is 4.90 Å². The average molecular weight is 583 g/mol. The van der Waals surface area contributed by atoms with Crippen LogP contribution in [0.15, 0.2) is 23.0 Å². The normalized spacial score (nSPS) is 28.6. The van der Waals surface area contributed by atoms with Gasteiger partial charge in [-0.2, -0.15) is 0 Å². The molecule has 1 fully saturated rings. The number of phenolic OH excluding ortho intramolecular Hbond substituents is 1. The van der Waals surface area contributed by atoms with E-state index in [0.29, 0.717) is 9.13 Å². The van der Waals surface area contributed by atoms with Gasteiger partial charge < -0.3 is 31.1 Å². The number of halogens is 1. The fourth-order valence-corrected chi connectivity index (χ4v) is 6.22. The summed E-state index contributed by atoms with van der Waals surface area (Å²) < 4.78 is 0.459. The van der Waals surface area contributed by atoms with Crippen molar-refractivity contribution in [3.8, 4) is 5.75 Å². The number of aliphatic hydroxyl groups excluding tert-OH is 2. The fourth-order valence-electron chi connectivity index (χ4n) is 5.66. The van der Waals surface area contributed by atoms with Crippen LogP contribution in [0.4, 0.5) is 5.69 Å². The molecule has 3 aliphatic carbocycles. The number of carbonyl (C=O) groups is 3. The average Bonchev–Trinajstić information content (AvgIpc) is 2.72. The second kappa shape index (κ2) is 7.95. The molecule has 1 aromatic carbocycles. The number of aliphatic hydroxyl groups is 3. The monoisotopic (exact) mass is 583 g/mol. The molecule has 4 rings (SSSR count). The molecule has 10 nitrogen and oxygen atoms in total. The number of nitrogens with zero attached hydrogens (tertiary/aromatic N) is 2. The van der Waals surface area contributed by atoms with E-state index < -0.39 is 58.0 Å². The Labute approximate surface area is 209 Å². The molecule has 3 aliphatic rings. The standard InChI is InChI=1S/C23H26IN3O7/c1-26(2)12-7-11(24)17(28)14-9(12)5-8-6-10-16(27(3)4)19(30)15(22(25)33)21(32)23(10,34)20(31)13(8)18(14)29/h7-8,10,16,28-29,32,34H,5-6H2,1-4H3,(H2,25,33)/t8-,10-,16?,23-/m0/s1. The maximum Gasteiger partial charge on any atom is 0.255 e. The summed E-state index contributed by atoms with van der Waals surface area (Å²) in [7, 11) is 6.77. The number of primary amides is 1. The first-order valence-corrected chi connectivity index (χ1v) is 11.7. The number of likely N-dealkylation sites (N-methyl/N-ethyl adjacent to an activating group) is 1. The highest BCUT2D eigenvalue weighted by molar-refractivity contribution is 14.1. The van der Waals surface area contributed by atoms with E-state index in [1.807, 2.05) is 41.6 Å². The van der Waals surface area contributed by atoms with Crippen molar-refractivity contribution in [2.75, 3.05) is 33.1 Å². The fraction of sp³-hybridized carbons (Fsp3) is 0.435. The Morgan fingerprint density at radius 2 is 1.79 bits per heavy atom. The number of anilines is 1. The van der Waals surface area contributed by atoms with Gasteiger partial charge in [0.05, 0.1) is 15.2 Å². The van der Waals surface area contributed by atoms with Gasteiger partial charge in [0.25, 0.3) is 5.91 Å². The molecule has 34 heavy (non-hydrogen) atoms. The number of Topliss-reactive ketones (excluding diaryl/α,β-unsaturated/α-hetero) is 2. The Bertz CT molecular complexity index is 1220. The number of rotatable bonds is 3. The van der Waals surface area contributed by atoms with E-state index in [9.17, 15) is 34.8 Å². The lowest BCUT2D eigenvalue weighted by atomic mass is 9.57. The van der Waals surface area contributed by atoms with E-state index in [1.165, 1.54) is 4.90 Å². The van der Waals surface area contributed by atoms with Crippen molar-refractivity contribution in [3.05, 3.63) is 37.7 Å². The van der Waals surface area contributed by atoms with Gasteiger partial charge in [-0.3, -0.25) is 19.3 Å². The summed E-state index contributed by atoms with van der Waals surface area (Å²) in [6.45, 7) is 0. The van der Waals surface area contributed by atoms with Crippen LogP contribution in [0.5, 0.6) is 5.75 Å². The predicted octanol–water partition coefficient (Wildman–Crippen LogP) is 0.635. The predicted molar refractivity (Wildman–Crippen MR) is 131 cm³/mol. The first kappa shape index (κ1) is 24.5. The molecule has 0 saturated heterocycles. The van der Waals surface area contributed by atoms with Crippen LogP contribution in [0.1, 0.15) is 17.5 Å². The summed E-state index contributed by atoms with van der Waals surface area (Å²) in [5, 5.41) is 44.4. The van der Waals surface area contributed by atoms with Crippen molar-refractivity contribution in [1.29, 1.82) is 0 Å². The van der Waals surface area contributed by atoms with Gasteiger partial charge >= 0.3 is 0 Å². The largest absolute Gasteiger partial charge is 0.508 e. The molecule has 0 bridgehead atoms. The van der Waals surface area contributed by atoms with E-state index in [1.54, 1.807) is 20.2 Å². The van der Waals surface area contributed by atoms with Crippen LogP contribution in [0, 0.1) is 15.4 Å². The number of hydrogen-bond donors (Lipinski definition) is 5. The van der Waals surface area contributed by atoms with Crippen molar-refractivity contribution in [2.45, 2.75) is 24.5 Å². The van der Waals surface area contributed by atoms with Crippen molar-refractivity contribution < 1.29 is 34.8 Å². The number of benzene rings is 1. The second-order valence-electron chi connectivity index (χ2n) is 9.44. The molecule has 4 atom stereocenters. The van der Waals surface area contributed by atoms with E-state index in [-0.39, 0.29) is 29.7 Å². The summed E-state index contributed by atoms with van der Waals surface area (Å²) >= 11 is 1.92.